The quantitative estimate of drug-likeness (QED) is 0.111. The standard InChI is InChI=1S/C23H19ClN4O2.C15H16ClN3O/c24-20-18(11-12-28-22(29)16-7-3-4-8-17(16)23(28)30)21(26-13-25-20)27-19-10-9-14-5-1-2-6-15(14)19;16-14-12(7-8-20)15(18-9-17-14)19-13-6-5-10-3-1-2-4-11(10)13/h1-8,13,19H,9-12H2,(H,25,26,27);1-4,9,13,20H,5-8H2,(H,17,18,19)/t19-;13-/m00/s1. The van der Waals surface area contributed by atoms with Crippen molar-refractivity contribution in [2.45, 2.75) is 50.6 Å². The summed E-state index contributed by atoms with van der Waals surface area (Å²) < 4.78 is 0. The number of carbonyl (C=O) groups is 2. The van der Waals surface area contributed by atoms with Gasteiger partial charge in [0.2, 0.25) is 0 Å². The Morgan fingerprint density at radius 2 is 1.12 bits per heavy atom. The highest BCUT2D eigenvalue weighted by atomic mass is 35.5. The molecule has 5 aromatic rings. The maximum atomic E-state index is 12.6. The number of aliphatic hydroxyl groups is 1. The Morgan fingerprint density at radius 3 is 1.62 bits per heavy atom. The molecule has 8 rings (SSSR count). The van der Waals surface area contributed by atoms with Crippen molar-refractivity contribution < 1.29 is 14.7 Å². The van der Waals surface area contributed by atoms with Gasteiger partial charge in [-0.25, -0.2) is 19.9 Å². The molecule has 2 aromatic heterocycles. The van der Waals surface area contributed by atoms with Gasteiger partial charge in [0, 0.05) is 30.7 Å². The Kier molecular flexibility index (Phi) is 10.0. The lowest BCUT2D eigenvalue weighted by Crippen LogP contribution is -2.32. The van der Waals surface area contributed by atoms with Crippen LogP contribution in [0.1, 0.15) is 79.0 Å². The molecule has 3 N–H and O–H groups in total. The molecule has 3 heterocycles. The lowest BCUT2D eigenvalue weighted by Gasteiger charge is -2.19. The summed E-state index contributed by atoms with van der Waals surface area (Å²) in [5.41, 5.74) is 7.67. The highest BCUT2D eigenvalue weighted by Crippen LogP contribution is 2.36. The molecule has 1 aliphatic heterocycles. The van der Waals surface area contributed by atoms with Gasteiger partial charge in [-0.15, -0.1) is 0 Å². The minimum atomic E-state index is -0.275. The molecule has 2 atom stereocenters. The molecular formula is C38H35Cl2N7O3. The van der Waals surface area contributed by atoms with Crippen molar-refractivity contribution in [2.24, 2.45) is 0 Å². The van der Waals surface area contributed by atoms with Crippen molar-refractivity contribution in [3.63, 3.8) is 0 Å². The zero-order valence-corrected chi connectivity index (χ0v) is 28.7. The molecule has 0 unspecified atom stereocenters. The third-order valence-corrected chi connectivity index (χ3v) is 10.2. The first-order valence-corrected chi connectivity index (χ1v) is 17.4. The molecular weight excluding hydrogens is 673 g/mol. The number of imide groups is 1. The minimum absolute atomic E-state index is 0.0308. The Morgan fingerprint density at radius 1 is 0.660 bits per heavy atom. The number of halogens is 2. The van der Waals surface area contributed by atoms with Crippen LogP contribution in [-0.4, -0.2) is 54.9 Å². The lowest BCUT2D eigenvalue weighted by molar-refractivity contribution is 0.0656. The number of aliphatic hydroxyl groups excluding tert-OH is 1. The van der Waals surface area contributed by atoms with Gasteiger partial charge < -0.3 is 15.7 Å². The van der Waals surface area contributed by atoms with E-state index in [1.807, 2.05) is 6.07 Å². The van der Waals surface area contributed by atoms with Crippen molar-refractivity contribution in [3.05, 3.63) is 140 Å². The number of nitrogens with one attached hydrogen (secondary N) is 2. The molecule has 2 amide bonds. The van der Waals surface area contributed by atoms with Crippen LogP contribution in [0.25, 0.3) is 0 Å². The van der Waals surface area contributed by atoms with Gasteiger partial charge >= 0.3 is 0 Å². The van der Waals surface area contributed by atoms with Crippen LogP contribution >= 0.6 is 23.2 Å². The molecule has 0 spiro atoms. The molecule has 254 valence electrons. The van der Waals surface area contributed by atoms with E-state index in [9.17, 15) is 9.59 Å². The van der Waals surface area contributed by atoms with Crippen LogP contribution in [0, 0.1) is 0 Å². The summed E-state index contributed by atoms with van der Waals surface area (Å²) in [6, 6.07) is 24.1. The number of anilines is 2. The first-order valence-electron chi connectivity index (χ1n) is 16.7. The summed E-state index contributed by atoms with van der Waals surface area (Å²) in [6.45, 7) is 0.248. The molecule has 0 bridgehead atoms. The van der Waals surface area contributed by atoms with Crippen molar-refractivity contribution in [2.75, 3.05) is 23.8 Å². The first kappa shape index (κ1) is 33.6. The van der Waals surface area contributed by atoms with E-state index in [1.54, 1.807) is 24.3 Å². The third kappa shape index (κ3) is 6.79. The molecule has 50 heavy (non-hydrogen) atoms. The molecule has 0 radical (unpaired) electrons. The SMILES string of the molecule is O=C1c2ccccc2C(=O)N1CCc1c(Cl)ncnc1N[C@H]1CCc2ccccc21.OCCc1c(Cl)ncnc1N[C@H]1CCc2ccccc21. The Labute approximate surface area is 299 Å². The van der Waals surface area contributed by atoms with Crippen LogP contribution in [0.5, 0.6) is 0 Å². The average Bonchev–Trinajstić information content (AvgIpc) is 3.81. The molecule has 0 saturated heterocycles. The van der Waals surface area contributed by atoms with Crippen LogP contribution in [0.15, 0.2) is 85.5 Å². The summed E-state index contributed by atoms with van der Waals surface area (Å²) >= 11 is 12.5. The summed E-state index contributed by atoms with van der Waals surface area (Å²) in [7, 11) is 0. The van der Waals surface area contributed by atoms with E-state index in [0.29, 0.717) is 45.7 Å². The minimum Gasteiger partial charge on any atom is -0.396 e. The second-order valence-corrected chi connectivity index (χ2v) is 13.1. The van der Waals surface area contributed by atoms with Crippen molar-refractivity contribution in [1.82, 2.24) is 24.8 Å². The van der Waals surface area contributed by atoms with Crippen molar-refractivity contribution in [3.8, 4) is 0 Å². The third-order valence-electron chi connectivity index (χ3n) is 9.50. The zero-order valence-electron chi connectivity index (χ0n) is 27.2. The van der Waals surface area contributed by atoms with Crippen LogP contribution in [0.3, 0.4) is 0 Å². The van der Waals surface area contributed by atoms with E-state index < -0.39 is 0 Å². The van der Waals surface area contributed by atoms with Gasteiger partial charge in [-0.1, -0.05) is 83.9 Å². The fourth-order valence-electron chi connectivity index (χ4n) is 7.00. The summed E-state index contributed by atoms with van der Waals surface area (Å²) in [5.74, 6) is 0.819. The lowest BCUT2D eigenvalue weighted by atomic mass is 10.1. The van der Waals surface area contributed by atoms with Crippen LogP contribution in [-0.2, 0) is 25.7 Å². The number of rotatable bonds is 9. The Hall–Kier alpha value is -4.90. The van der Waals surface area contributed by atoms with E-state index >= 15 is 0 Å². The van der Waals surface area contributed by atoms with E-state index in [4.69, 9.17) is 28.3 Å². The monoisotopic (exact) mass is 707 g/mol. The second-order valence-electron chi connectivity index (χ2n) is 12.4. The molecule has 12 heteroatoms. The van der Waals surface area contributed by atoms with Crippen molar-refractivity contribution in [1.29, 1.82) is 0 Å². The Bertz CT molecular complexity index is 2020. The normalized spacial score (nSPS) is 17.1. The molecule has 0 saturated carbocycles. The van der Waals surface area contributed by atoms with Crippen LogP contribution in [0.4, 0.5) is 11.6 Å². The van der Waals surface area contributed by atoms with Gasteiger partial charge in [0.1, 0.15) is 34.6 Å². The topological polar surface area (TPSA) is 133 Å². The number of hydrogen-bond donors (Lipinski definition) is 3. The predicted octanol–water partition coefficient (Wildman–Crippen LogP) is 6.83. The molecule has 10 nitrogen and oxygen atoms in total. The number of aromatic nitrogens is 4. The van der Waals surface area contributed by atoms with Gasteiger partial charge in [0.05, 0.1) is 23.2 Å². The summed E-state index contributed by atoms with van der Waals surface area (Å²) in [4.78, 5) is 43.3. The van der Waals surface area contributed by atoms with E-state index in [0.717, 1.165) is 37.1 Å². The predicted molar refractivity (Wildman–Crippen MR) is 193 cm³/mol. The summed E-state index contributed by atoms with van der Waals surface area (Å²) in [6.07, 6.45) is 7.80. The number of amides is 2. The maximum Gasteiger partial charge on any atom is 0.261 e. The molecule has 3 aromatic carbocycles. The fourth-order valence-corrected chi connectivity index (χ4v) is 7.45. The number of hydrogen-bond acceptors (Lipinski definition) is 9. The van der Waals surface area contributed by atoms with Gasteiger partial charge in [0.15, 0.2) is 0 Å². The first-order chi connectivity index (χ1) is 24.4. The van der Waals surface area contributed by atoms with Gasteiger partial charge in [-0.3, -0.25) is 14.5 Å². The summed E-state index contributed by atoms with van der Waals surface area (Å²) in [5, 5.41) is 16.8. The number of carbonyl (C=O) groups excluding carboxylic acids is 2. The average molecular weight is 709 g/mol. The number of nitrogens with zero attached hydrogens (tertiary/aromatic N) is 5. The zero-order chi connectivity index (χ0) is 34.6. The van der Waals surface area contributed by atoms with E-state index in [1.165, 1.54) is 39.8 Å². The molecule has 3 aliphatic rings. The highest BCUT2D eigenvalue weighted by molar-refractivity contribution is 6.30. The van der Waals surface area contributed by atoms with Crippen LogP contribution < -0.4 is 10.6 Å². The van der Waals surface area contributed by atoms with Gasteiger partial charge in [-0.05, 0) is 66.5 Å². The smallest absolute Gasteiger partial charge is 0.261 e. The second kappa shape index (κ2) is 14.9. The fraction of sp³-hybridized carbons (Fsp3) is 0.263. The number of fused-ring (bicyclic) bond motifs is 3. The van der Waals surface area contributed by atoms with E-state index in [-0.39, 0.29) is 37.0 Å². The number of aryl methyl sites for hydroxylation is 2. The van der Waals surface area contributed by atoms with Crippen molar-refractivity contribution >= 4 is 46.7 Å². The van der Waals surface area contributed by atoms with Crippen LogP contribution in [0.2, 0.25) is 10.3 Å². The Balaban J connectivity index is 0.000000170. The number of benzene rings is 3. The largest absolute Gasteiger partial charge is 0.396 e. The maximum absolute atomic E-state index is 12.6. The molecule has 0 fully saturated rings. The van der Waals surface area contributed by atoms with Gasteiger partial charge in [-0.2, -0.15) is 0 Å². The highest BCUT2D eigenvalue weighted by Gasteiger charge is 2.35. The van der Waals surface area contributed by atoms with Gasteiger partial charge in [0.25, 0.3) is 11.8 Å². The molecule has 2 aliphatic carbocycles. The van der Waals surface area contributed by atoms with E-state index in [2.05, 4.69) is 73.0 Å².